The Morgan fingerprint density at radius 2 is 1.83 bits per heavy atom. The van der Waals surface area contributed by atoms with Crippen molar-refractivity contribution in [2.24, 2.45) is 0 Å². The number of ether oxygens (including phenoxy) is 1. The van der Waals surface area contributed by atoms with E-state index in [0.717, 1.165) is 31.5 Å². The van der Waals surface area contributed by atoms with E-state index in [2.05, 4.69) is 10.4 Å². The van der Waals surface area contributed by atoms with Crippen molar-refractivity contribution in [2.45, 2.75) is 32.7 Å². The summed E-state index contributed by atoms with van der Waals surface area (Å²) in [7, 11) is 0. The number of benzene rings is 1. The molecular weight excluding hydrogens is 370 g/mol. The molecule has 1 fully saturated rings. The Morgan fingerprint density at radius 3 is 2.59 bits per heavy atom. The molecule has 0 spiro atoms. The average molecular weight is 397 g/mol. The Kier molecular flexibility index (Phi) is 5.69. The van der Waals surface area contributed by atoms with Crippen LogP contribution in [0.5, 0.6) is 5.75 Å². The lowest BCUT2D eigenvalue weighted by molar-refractivity contribution is 0.0665. The summed E-state index contributed by atoms with van der Waals surface area (Å²) in [5.74, 6) is 0.606. The Hall–Kier alpha value is -3.03. The number of nitrogens with one attached hydrogen (secondary N) is 1. The fraction of sp³-hybridized carbons (Fsp3) is 0.476. The Labute approximate surface area is 170 Å². The normalized spacial score (nSPS) is 16.3. The van der Waals surface area contributed by atoms with Crippen molar-refractivity contribution in [3.8, 4) is 5.75 Å². The van der Waals surface area contributed by atoms with Crippen LogP contribution in [0.15, 0.2) is 30.3 Å². The minimum Gasteiger partial charge on any atom is -0.492 e. The molecule has 2 aliphatic heterocycles. The molecule has 8 heteroatoms. The number of hydrogen-bond donors (Lipinski definition) is 1. The van der Waals surface area contributed by atoms with Crippen molar-refractivity contribution in [3.05, 3.63) is 41.7 Å². The third-order valence-electron chi connectivity index (χ3n) is 5.42. The second-order valence-corrected chi connectivity index (χ2v) is 7.34. The van der Waals surface area contributed by atoms with E-state index in [9.17, 15) is 9.59 Å². The van der Waals surface area contributed by atoms with Crippen LogP contribution in [0.3, 0.4) is 0 Å². The molecule has 8 nitrogen and oxygen atoms in total. The third-order valence-corrected chi connectivity index (χ3v) is 5.42. The predicted octanol–water partition coefficient (Wildman–Crippen LogP) is 2.61. The largest absolute Gasteiger partial charge is 0.492 e. The molecule has 0 unspecified atom stereocenters. The second kappa shape index (κ2) is 8.55. The third kappa shape index (κ3) is 4.21. The molecule has 1 aromatic heterocycles. The van der Waals surface area contributed by atoms with Crippen LogP contribution in [0.4, 0.5) is 10.5 Å². The van der Waals surface area contributed by atoms with E-state index in [4.69, 9.17) is 4.74 Å². The first-order chi connectivity index (χ1) is 14.2. The number of piperazine rings is 1. The summed E-state index contributed by atoms with van der Waals surface area (Å²) < 4.78 is 7.52. The van der Waals surface area contributed by atoms with Gasteiger partial charge in [0.2, 0.25) is 0 Å². The first kappa shape index (κ1) is 19.3. The van der Waals surface area contributed by atoms with Crippen LogP contribution in [0.25, 0.3) is 0 Å². The van der Waals surface area contributed by atoms with Gasteiger partial charge < -0.3 is 19.9 Å². The first-order valence-corrected chi connectivity index (χ1v) is 10.3. The Bertz CT molecular complexity index is 863. The van der Waals surface area contributed by atoms with Gasteiger partial charge in [0.1, 0.15) is 5.75 Å². The van der Waals surface area contributed by atoms with Crippen LogP contribution in [-0.4, -0.2) is 64.3 Å². The number of fused-ring (bicyclic) bond motifs is 1. The highest BCUT2D eigenvalue weighted by Crippen LogP contribution is 2.24. The molecule has 0 radical (unpaired) electrons. The maximum Gasteiger partial charge on any atom is 0.322 e. The number of amides is 3. The monoisotopic (exact) mass is 397 g/mol. The number of carbonyl (C=O) groups is 2. The SMILES string of the molecule is CCOc1ccccc1NC(=O)N1CCN(C(=O)c2cc3n(n2)CCCC3)CC1. The van der Waals surface area contributed by atoms with E-state index in [1.807, 2.05) is 41.9 Å². The van der Waals surface area contributed by atoms with E-state index < -0.39 is 0 Å². The van der Waals surface area contributed by atoms with E-state index in [1.54, 1.807) is 9.80 Å². The number of aryl methyl sites for hydroxylation is 2. The van der Waals surface area contributed by atoms with Gasteiger partial charge in [-0.15, -0.1) is 0 Å². The zero-order chi connectivity index (χ0) is 20.2. The molecule has 0 atom stereocenters. The number of carbonyl (C=O) groups excluding carboxylic acids is 2. The number of rotatable bonds is 4. The number of nitrogens with zero attached hydrogens (tertiary/aromatic N) is 4. The zero-order valence-electron chi connectivity index (χ0n) is 16.8. The highest BCUT2D eigenvalue weighted by molar-refractivity contribution is 5.93. The molecule has 1 N–H and O–H groups in total. The second-order valence-electron chi connectivity index (χ2n) is 7.34. The van der Waals surface area contributed by atoms with Crippen LogP contribution in [-0.2, 0) is 13.0 Å². The van der Waals surface area contributed by atoms with Gasteiger partial charge in [-0.1, -0.05) is 12.1 Å². The molecule has 3 amide bonds. The highest BCUT2D eigenvalue weighted by atomic mass is 16.5. The van der Waals surface area contributed by atoms with Crippen LogP contribution in [0, 0.1) is 0 Å². The van der Waals surface area contributed by atoms with Gasteiger partial charge in [-0.3, -0.25) is 9.48 Å². The summed E-state index contributed by atoms with van der Waals surface area (Å²) in [5, 5.41) is 7.40. The standard InChI is InChI=1S/C21H27N5O3/c1-2-29-19-9-4-3-8-17(19)22-21(28)25-13-11-24(12-14-25)20(27)18-15-16-7-5-6-10-26(16)23-18/h3-4,8-9,15H,2,5-7,10-14H2,1H3,(H,22,28). The van der Waals surface area contributed by atoms with Crippen molar-refractivity contribution in [2.75, 3.05) is 38.1 Å². The molecule has 3 heterocycles. The Morgan fingerprint density at radius 1 is 1.07 bits per heavy atom. The number of aromatic nitrogens is 2. The van der Waals surface area contributed by atoms with Crippen molar-refractivity contribution in [3.63, 3.8) is 0 Å². The van der Waals surface area contributed by atoms with Crippen LogP contribution in [0.2, 0.25) is 0 Å². The van der Waals surface area contributed by atoms with Crippen LogP contribution >= 0.6 is 0 Å². The summed E-state index contributed by atoms with van der Waals surface area (Å²) in [6.45, 7) is 5.31. The zero-order valence-corrected chi connectivity index (χ0v) is 16.8. The van der Waals surface area contributed by atoms with Gasteiger partial charge in [0.25, 0.3) is 5.91 Å². The number of urea groups is 1. The number of anilines is 1. The first-order valence-electron chi connectivity index (χ1n) is 10.3. The van der Waals surface area contributed by atoms with E-state index in [-0.39, 0.29) is 11.9 Å². The van der Waals surface area contributed by atoms with Crippen molar-refractivity contribution in [1.82, 2.24) is 19.6 Å². The lowest BCUT2D eigenvalue weighted by atomic mass is 10.1. The molecule has 0 aliphatic carbocycles. The fourth-order valence-corrected chi connectivity index (χ4v) is 3.84. The quantitative estimate of drug-likeness (QED) is 0.860. The van der Waals surface area contributed by atoms with E-state index in [0.29, 0.717) is 49.9 Å². The summed E-state index contributed by atoms with van der Waals surface area (Å²) in [6, 6.07) is 9.13. The van der Waals surface area contributed by atoms with E-state index >= 15 is 0 Å². The van der Waals surface area contributed by atoms with Crippen LogP contribution in [0.1, 0.15) is 35.9 Å². The van der Waals surface area contributed by atoms with Gasteiger partial charge in [0.05, 0.1) is 12.3 Å². The van der Waals surface area contributed by atoms with Crippen LogP contribution < -0.4 is 10.1 Å². The van der Waals surface area contributed by atoms with Gasteiger partial charge in [0.15, 0.2) is 5.69 Å². The lowest BCUT2D eigenvalue weighted by Gasteiger charge is -2.34. The summed E-state index contributed by atoms with van der Waals surface area (Å²) in [6.07, 6.45) is 3.25. The number of para-hydroxylation sites is 2. The lowest BCUT2D eigenvalue weighted by Crippen LogP contribution is -2.51. The van der Waals surface area contributed by atoms with Crippen molar-refractivity contribution >= 4 is 17.6 Å². The fourth-order valence-electron chi connectivity index (χ4n) is 3.84. The molecule has 0 saturated carbocycles. The summed E-state index contributed by atoms with van der Waals surface area (Å²) >= 11 is 0. The summed E-state index contributed by atoms with van der Waals surface area (Å²) in [5.41, 5.74) is 2.32. The molecule has 0 bridgehead atoms. The highest BCUT2D eigenvalue weighted by Gasteiger charge is 2.27. The molecule has 2 aliphatic rings. The maximum absolute atomic E-state index is 12.8. The minimum absolute atomic E-state index is 0.0475. The molecular formula is C21H27N5O3. The predicted molar refractivity (Wildman–Crippen MR) is 109 cm³/mol. The van der Waals surface area contributed by atoms with Crippen molar-refractivity contribution in [1.29, 1.82) is 0 Å². The van der Waals surface area contributed by atoms with Gasteiger partial charge >= 0.3 is 6.03 Å². The van der Waals surface area contributed by atoms with Crippen molar-refractivity contribution < 1.29 is 14.3 Å². The smallest absolute Gasteiger partial charge is 0.322 e. The Balaban J connectivity index is 1.34. The van der Waals surface area contributed by atoms with E-state index in [1.165, 1.54) is 0 Å². The molecule has 4 rings (SSSR count). The molecule has 1 saturated heterocycles. The van der Waals surface area contributed by atoms with Gasteiger partial charge in [-0.05, 0) is 44.4 Å². The molecule has 29 heavy (non-hydrogen) atoms. The summed E-state index contributed by atoms with van der Waals surface area (Å²) in [4.78, 5) is 29.0. The molecule has 1 aromatic carbocycles. The topological polar surface area (TPSA) is 79.7 Å². The van der Waals surface area contributed by atoms with Gasteiger partial charge in [0, 0.05) is 38.4 Å². The maximum atomic E-state index is 12.8. The van der Waals surface area contributed by atoms with Gasteiger partial charge in [-0.2, -0.15) is 5.10 Å². The minimum atomic E-state index is -0.179. The molecule has 2 aromatic rings. The van der Waals surface area contributed by atoms with Gasteiger partial charge in [-0.25, -0.2) is 4.79 Å². The number of hydrogen-bond acceptors (Lipinski definition) is 4. The average Bonchev–Trinajstić information content (AvgIpc) is 3.19. The molecule has 154 valence electrons.